The number of hydrogen-bond donors (Lipinski definition) is 2. The van der Waals surface area contributed by atoms with E-state index in [-0.39, 0.29) is 60.4 Å². The summed E-state index contributed by atoms with van der Waals surface area (Å²) in [6, 6.07) is 25.2. The highest BCUT2D eigenvalue weighted by molar-refractivity contribution is 7.13. The number of piperidine rings is 2. The molecule has 5 aromatic rings. The van der Waals surface area contributed by atoms with E-state index in [9.17, 15) is 23.9 Å². The summed E-state index contributed by atoms with van der Waals surface area (Å²) in [5.74, 6) is -0.883. The Morgan fingerprint density at radius 1 is 0.981 bits per heavy atom. The van der Waals surface area contributed by atoms with Gasteiger partial charge in [0.05, 0.1) is 22.8 Å². The zero-order valence-electron chi connectivity index (χ0n) is 29.4. The maximum atomic E-state index is 14.2. The first-order valence-electron chi connectivity index (χ1n) is 17.7. The van der Waals surface area contributed by atoms with E-state index < -0.39 is 17.0 Å². The van der Waals surface area contributed by atoms with Crippen molar-refractivity contribution in [3.63, 3.8) is 0 Å². The van der Waals surface area contributed by atoms with Gasteiger partial charge in [0.1, 0.15) is 22.8 Å². The number of benzene rings is 3. The number of nitrogens with zero attached hydrogens (tertiary/aromatic N) is 5. The average molecular weight is 737 g/mol. The maximum absolute atomic E-state index is 14.2. The van der Waals surface area contributed by atoms with Gasteiger partial charge < -0.3 is 25.4 Å². The topological polar surface area (TPSA) is 144 Å². The quantitative estimate of drug-likeness (QED) is 0.205. The summed E-state index contributed by atoms with van der Waals surface area (Å²) >= 11 is 1.44. The van der Waals surface area contributed by atoms with Crippen LogP contribution in [0.3, 0.4) is 0 Å². The van der Waals surface area contributed by atoms with E-state index in [4.69, 9.17) is 15.5 Å². The van der Waals surface area contributed by atoms with Crippen molar-refractivity contribution in [3.8, 4) is 11.6 Å². The van der Waals surface area contributed by atoms with Crippen molar-refractivity contribution in [1.82, 2.24) is 24.3 Å². The molecule has 2 saturated heterocycles. The van der Waals surface area contributed by atoms with Gasteiger partial charge >= 0.3 is 0 Å². The van der Waals surface area contributed by atoms with Gasteiger partial charge in [-0.3, -0.25) is 19.0 Å². The van der Waals surface area contributed by atoms with Crippen molar-refractivity contribution in [2.45, 2.75) is 50.7 Å². The molecule has 53 heavy (non-hydrogen) atoms. The molecule has 0 spiro atoms. The number of carbonyl (C=O) groups excluding carboxylic acids is 2. The van der Waals surface area contributed by atoms with E-state index in [1.807, 2.05) is 60.4 Å². The highest BCUT2D eigenvalue weighted by atomic mass is 32.1. The molecule has 274 valence electrons. The van der Waals surface area contributed by atoms with Crippen molar-refractivity contribution in [2.75, 3.05) is 31.9 Å². The first-order valence-corrected chi connectivity index (χ1v) is 18.5. The van der Waals surface area contributed by atoms with Crippen LogP contribution in [0.1, 0.15) is 56.7 Å². The van der Waals surface area contributed by atoms with Gasteiger partial charge in [-0.15, -0.1) is 11.3 Å². The molecule has 11 nitrogen and oxygen atoms in total. The van der Waals surface area contributed by atoms with Crippen molar-refractivity contribution in [2.24, 2.45) is 5.92 Å². The average Bonchev–Trinajstić information content (AvgIpc) is 3.54. The number of nitrogen functional groups attached to an aromatic ring is 1. The van der Waals surface area contributed by atoms with Crippen LogP contribution in [0.2, 0.25) is 0 Å². The molecule has 2 aromatic heterocycles. The second kappa shape index (κ2) is 15.3. The summed E-state index contributed by atoms with van der Waals surface area (Å²) < 4.78 is 20.1. The Morgan fingerprint density at radius 3 is 2.36 bits per heavy atom. The minimum absolute atomic E-state index is 0.00232. The van der Waals surface area contributed by atoms with Crippen LogP contribution >= 0.6 is 11.3 Å². The number of aryl methyl sites for hydroxylation is 1. The number of halogens is 1. The third kappa shape index (κ3) is 8.01. The summed E-state index contributed by atoms with van der Waals surface area (Å²) in [7, 11) is 0. The van der Waals surface area contributed by atoms with Crippen LogP contribution in [0, 0.1) is 18.7 Å². The minimum atomic E-state index is -1.27. The molecule has 0 unspecified atom stereocenters. The van der Waals surface area contributed by atoms with Gasteiger partial charge in [-0.2, -0.15) is 0 Å². The number of rotatable bonds is 9. The molecule has 3 aromatic carbocycles. The van der Waals surface area contributed by atoms with E-state index >= 15 is 0 Å². The lowest BCUT2D eigenvalue weighted by atomic mass is 9.79. The summed E-state index contributed by atoms with van der Waals surface area (Å²) in [5, 5.41) is 12.4. The number of aliphatic hydroxyl groups is 1. The molecular formula is C40H41FN6O5S. The molecule has 0 saturated carbocycles. The van der Waals surface area contributed by atoms with Crippen LogP contribution in [0.15, 0.2) is 96.1 Å². The van der Waals surface area contributed by atoms with E-state index in [0.29, 0.717) is 43.9 Å². The molecule has 2 amide bonds. The van der Waals surface area contributed by atoms with Gasteiger partial charge in [-0.25, -0.2) is 14.4 Å². The molecule has 2 fully saturated rings. The Kier molecular flexibility index (Phi) is 10.4. The smallest absolute Gasteiger partial charge is 0.280 e. The first-order chi connectivity index (χ1) is 25.6. The molecule has 0 bridgehead atoms. The van der Waals surface area contributed by atoms with Gasteiger partial charge in [0.15, 0.2) is 5.69 Å². The van der Waals surface area contributed by atoms with E-state index in [1.54, 1.807) is 4.90 Å². The van der Waals surface area contributed by atoms with Gasteiger partial charge in [0.25, 0.3) is 11.5 Å². The second-order valence-corrected chi connectivity index (χ2v) is 14.9. The van der Waals surface area contributed by atoms with Crippen molar-refractivity contribution < 1.29 is 23.8 Å². The van der Waals surface area contributed by atoms with E-state index in [2.05, 4.69) is 17.1 Å². The third-order valence-corrected chi connectivity index (χ3v) is 11.4. The Bertz CT molecular complexity index is 2130. The number of likely N-dealkylation sites (tertiary alicyclic amines) is 2. The lowest BCUT2D eigenvalue weighted by Gasteiger charge is -2.43. The zero-order chi connectivity index (χ0) is 37.1. The summed E-state index contributed by atoms with van der Waals surface area (Å²) in [5.41, 5.74) is 6.84. The highest BCUT2D eigenvalue weighted by Gasteiger charge is 2.42. The number of nitrogens with two attached hydrogens (primary N) is 1. The summed E-state index contributed by atoms with van der Waals surface area (Å²) in [6.07, 6.45) is 2.94. The molecular weight excluding hydrogens is 696 g/mol. The van der Waals surface area contributed by atoms with Crippen LogP contribution in [0.5, 0.6) is 11.6 Å². The summed E-state index contributed by atoms with van der Waals surface area (Å²) in [4.78, 5) is 54.4. The van der Waals surface area contributed by atoms with Crippen LogP contribution in [0.4, 0.5) is 10.1 Å². The fourth-order valence-electron chi connectivity index (χ4n) is 7.26. The number of hydrogen-bond acceptors (Lipinski definition) is 9. The highest BCUT2D eigenvalue weighted by Crippen LogP contribution is 2.37. The number of aromatic nitrogens is 3. The molecule has 0 aliphatic carbocycles. The maximum Gasteiger partial charge on any atom is 0.280 e. The Labute approximate surface area is 310 Å². The fourth-order valence-corrected chi connectivity index (χ4v) is 8.33. The third-order valence-electron chi connectivity index (χ3n) is 10.2. The van der Waals surface area contributed by atoms with Crippen molar-refractivity contribution >= 4 is 28.8 Å². The molecule has 7 rings (SSSR count). The lowest BCUT2D eigenvalue weighted by Crippen LogP contribution is -2.53. The van der Waals surface area contributed by atoms with Crippen LogP contribution in [0.25, 0.3) is 0 Å². The monoisotopic (exact) mass is 736 g/mol. The molecule has 2 aliphatic heterocycles. The number of carbonyl (C=O) groups is 2. The molecule has 2 aliphatic rings. The SMILES string of the molecule is Cc1nc(Cc2ccccc2)sc1C(=O)N1CC[C@@H](C(=O)N2CCC(O)(Cn3cnc(Oc4ccc(F)cc4)c(N)c3=O)CC2)[C@H](c2ccccc2)C1. The van der Waals surface area contributed by atoms with Gasteiger partial charge in [0, 0.05) is 44.4 Å². The first kappa shape index (κ1) is 36.0. The minimum Gasteiger partial charge on any atom is -0.437 e. The van der Waals surface area contributed by atoms with Crippen molar-refractivity contribution in [1.29, 1.82) is 0 Å². The van der Waals surface area contributed by atoms with Crippen LogP contribution in [-0.2, 0) is 17.8 Å². The molecule has 3 N–H and O–H groups in total. The van der Waals surface area contributed by atoms with Gasteiger partial charge in [-0.05, 0) is 61.6 Å². The fraction of sp³-hybridized carbons (Fsp3) is 0.325. The van der Waals surface area contributed by atoms with Crippen LogP contribution in [-0.4, -0.2) is 73.0 Å². The Morgan fingerprint density at radius 2 is 1.66 bits per heavy atom. The largest absolute Gasteiger partial charge is 0.437 e. The molecule has 2 atom stereocenters. The standard InChI is InChI=1S/C40H41FN6O5S/c1-26-35(53-33(44-26)22-27-8-4-2-5-9-27)39(50)46-19-16-31(32(23-46)28-10-6-3-7-11-28)37(48)45-20-17-40(51,18-21-45)24-47-25-43-36(34(42)38(47)49)52-30-14-12-29(41)13-15-30/h2-15,25,31-32,51H,16-24,42H2,1H3/t31-,32+/m1/s1. The number of amides is 2. The number of anilines is 1. The molecule has 13 heteroatoms. The number of thiazole rings is 1. The Balaban J connectivity index is 1.01. The van der Waals surface area contributed by atoms with Gasteiger partial charge in [-0.1, -0.05) is 60.7 Å². The Hall–Kier alpha value is -5.40. The predicted molar refractivity (Wildman–Crippen MR) is 199 cm³/mol. The lowest BCUT2D eigenvalue weighted by molar-refractivity contribution is -0.142. The van der Waals surface area contributed by atoms with E-state index in [0.717, 1.165) is 21.8 Å². The normalized spacial score (nSPS) is 18.5. The van der Waals surface area contributed by atoms with E-state index in [1.165, 1.54) is 46.5 Å². The summed E-state index contributed by atoms with van der Waals surface area (Å²) in [6.45, 7) is 3.29. The van der Waals surface area contributed by atoms with Crippen LogP contribution < -0.4 is 16.0 Å². The van der Waals surface area contributed by atoms with Crippen molar-refractivity contribution in [3.05, 3.63) is 134 Å². The number of ether oxygens (including phenoxy) is 1. The second-order valence-electron chi connectivity index (χ2n) is 13.9. The van der Waals surface area contributed by atoms with Gasteiger partial charge in [0.2, 0.25) is 11.8 Å². The predicted octanol–water partition coefficient (Wildman–Crippen LogP) is 5.41. The molecule has 4 heterocycles. The zero-order valence-corrected chi connectivity index (χ0v) is 30.2. The molecule has 0 radical (unpaired) electrons.